The Morgan fingerprint density at radius 3 is 2.42 bits per heavy atom. The van der Waals surface area contributed by atoms with Crippen LogP contribution in [0.25, 0.3) is 0 Å². The number of carboxylic acid groups (broad SMARTS) is 1. The SMILES string of the molecule is CC(C)C(C(=O)O)N(C)C(=O)CCNC(=S)NCCCN1CCOCC1. The number of carboxylic acids is 1. The van der Waals surface area contributed by atoms with Gasteiger partial charge in [0.05, 0.1) is 13.2 Å². The van der Waals surface area contributed by atoms with E-state index in [-0.39, 0.29) is 18.2 Å². The fourth-order valence-electron chi connectivity index (χ4n) is 2.90. The molecule has 0 aromatic carbocycles. The summed E-state index contributed by atoms with van der Waals surface area (Å²) in [6.07, 6.45) is 1.18. The molecule has 1 rings (SSSR count). The quantitative estimate of drug-likeness (QED) is 0.359. The van der Waals surface area contributed by atoms with Crippen molar-refractivity contribution in [2.45, 2.75) is 32.7 Å². The number of amides is 1. The summed E-state index contributed by atoms with van der Waals surface area (Å²) >= 11 is 5.20. The van der Waals surface area contributed by atoms with Crippen LogP contribution in [0.2, 0.25) is 0 Å². The number of carbonyl (C=O) groups excluding carboxylic acids is 1. The summed E-state index contributed by atoms with van der Waals surface area (Å²) < 4.78 is 5.31. The molecule has 9 heteroatoms. The number of nitrogens with one attached hydrogen (secondary N) is 2. The Morgan fingerprint density at radius 2 is 1.85 bits per heavy atom. The van der Waals surface area contributed by atoms with Crippen molar-refractivity contribution in [3.8, 4) is 0 Å². The van der Waals surface area contributed by atoms with Crippen molar-refractivity contribution in [1.82, 2.24) is 20.4 Å². The van der Waals surface area contributed by atoms with E-state index in [1.165, 1.54) is 11.9 Å². The Balaban J connectivity index is 2.16. The van der Waals surface area contributed by atoms with Crippen molar-refractivity contribution < 1.29 is 19.4 Å². The molecule has 0 aliphatic carbocycles. The predicted octanol–water partition coefficient (Wildman–Crippen LogP) is 0.131. The van der Waals surface area contributed by atoms with Crippen LogP contribution < -0.4 is 10.6 Å². The van der Waals surface area contributed by atoms with Crippen LogP contribution in [0.15, 0.2) is 0 Å². The number of nitrogens with zero attached hydrogens (tertiary/aromatic N) is 2. The van der Waals surface area contributed by atoms with Crippen LogP contribution in [0.1, 0.15) is 26.7 Å². The summed E-state index contributed by atoms with van der Waals surface area (Å²) in [6.45, 7) is 9.29. The zero-order valence-corrected chi connectivity index (χ0v) is 16.8. The highest BCUT2D eigenvalue weighted by atomic mass is 32.1. The minimum Gasteiger partial charge on any atom is -0.480 e. The van der Waals surface area contributed by atoms with E-state index in [1.54, 1.807) is 13.8 Å². The maximum absolute atomic E-state index is 12.2. The van der Waals surface area contributed by atoms with Gasteiger partial charge in [0.25, 0.3) is 0 Å². The first-order valence-corrected chi connectivity index (χ1v) is 9.54. The number of thiocarbonyl (C=S) groups is 1. The second-order valence-corrected chi connectivity index (χ2v) is 7.18. The third-order valence-electron chi connectivity index (χ3n) is 4.36. The van der Waals surface area contributed by atoms with Gasteiger partial charge < -0.3 is 25.4 Å². The van der Waals surface area contributed by atoms with Gasteiger partial charge >= 0.3 is 5.97 Å². The number of likely N-dealkylation sites (N-methyl/N-ethyl adjacent to an activating group) is 1. The van der Waals surface area contributed by atoms with E-state index in [4.69, 9.17) is 17.0 Å². The first-order valence-electron chi connectivity index (χ1n) is 9.13. The van der Waals surface area contributed by atoms with Gasteiger partial charge in [-0.15, -0.1) is 0 Å². The van der Waals surface area contributed by atoms with Crippen molar-refractivity contribution in [3.63, 3.8) is 0 Å². The average Bonchev–Trinajstić information content (AvgIpc) is 2.58. The van der Waals surface area contributed by atoms with Crippen LogP contribution in [0.3, 0.4) is 0 Å². The molecule has 0 bridgehead atoms. The Hall–Kier alpha value is -1.45. The molecule has 1 amide bonds. The minimum atomic E-state index is -0.985. The topological polar surface area (TPSA) is 94.1 Å². The molecule has 1 unspecified atom stereocenters. The van der Waals surface area contributed by atoms with Crippen molar-refractivity contribution >= 4 is 29.2 Å². The Labute approximate surface area is 161 Å². The molecule has 3 N–H and O–H groups in total. The number of hydrogen-bond donors (Lipinski definition) is 3. The second kappa shape index (κ2) is 12.0. The molecule has 1 atom stereocenters. The van der Waals surface area contributed by atoms with Gasteiger partial charge in [0.2, 0.25) is 5.91 Å². The smallest absolute Gasteiger partial charge is 0.326 e. The number of carbonyl (C=O) groups is 2. The zero-order valence-electron chi connectivity index (χ0n) is 16.0. The lowest BCUT2D eigenvalue weighted by molar-refractivity contribution is -0.150. The van der Waals surface area contributed by atoms with Crippen molar-refractivity contribution in [3.05, 3.63) is 0 Å². The zero-order chi connectivity index (χ0) is 19.5. The maximum Gasteiger partial charge on any atom is 0.326 e. The lowest BCUT2D eigenvalue weighted by atomic mass is 10.0. The van der Waals surface area contributed by atoms with Gasteiger partial charge in [-0.1, -0.05) is 13.8 Å². The van der Waals surface area contributed by atoms with Gasteiger partial charge in [-0.2, -0.15) is 0 Å². The van der Waals surface area contributed by atoms with E-state index in [9.17, 15) is 14.7 Å². The molecule has 1 saturated heterocycles. The predicted molar refractivity (Wildman–Crippen MR) is 104 cm³/mol. The van der Waals surface area contributed by atoms with Crippen molar-refractivity contribution in [1.29, 1.82) is 0 Å². The normalized spacial score (nSPS) is 16.2. The van der Waals surface area contributed by atoms with Crippen LogP contribution in [-0.4, -0.2) is 90.9 Å². The number of ether oxygens (including phenoxy) is 1. The highest BCUT2D eigenvalue weighted by Gasteiger charge is 2.29. The largest absolute Gasteiger partial charge is 0.480 e. The van der Waals surface area contributed by atoms with Gasteiger partial charge in [-0.3, -0.25) is 9.69 Å². The summed E-state index contributed by atoms with van der Waals surface area (Å²) in [7, 11) is 1.53. The summed E-state index contributed by atoms with van der Waals surface area (Å²) in [6, 6.07) is -0.812. The minimum absolute atomic E-state index is 0.149. The molecule has 1 aliphatic rings. The lowest BCUT2D eigenvalue weighted by Gasteiger charge is -2.28. The van der Waals surface area contributed by atoms with Crippen molar-refractivity contribution in [2.75, 3.05) is 53.0 Å². The Bertz CT molecular complexity index is 470. The standard InChI is InChI=1S/C17H32N4O4S/c1-13(2)15(16(23)24)20(3)14(22)5-7-19-17(26)18-6-4-8-21-9-11-25-12-10-21/h13,15H,4-12H2,1-3H3,(H,23,24)(H2,18,19,26). The van der Waals surface area contributed by atoms with Gasteiger partial charge in [0.1, 0.15) is 6.04 Å². The second-order valence-electron chi connectivity index (χ2n) is 6.77. The van der Waals surface area contributed by atoms with E-state index in [0.717, 1.165) is 45.8 Å². The molecule has 8 nitrogen and oxygen atoms in total. The molecule has 1 fully saturated rings. The third-order valence-corrected chi connectivity index (χ3v) is 4.65. The molecule has 26 heavy (non-hydrogen) atoms. The van der Waals surface area contributed by atoms with Crippen molar-refractivity contribution in [2.24, 2.45) is 5.92 Å². The number of morpholine rings is 1. The summed E-state index contributed by atoms with van der Waals surface area (Å²) in [5.74, 6) is -1.35. The van der Waals surface area contributed by atoms with E-state index < -0.39 is 12.0 Å². The van der Waals surface area contributed by atoms with Gasteiger partial charge in [0, 0.05) is 39.6 Å². The molecule has 0 saturated carbocycles. The number of hydrogen-bond acceptors (Lipinski definition) is 5. The average molecular weight is 389 g/mol. The van der Waals surface area contributed by atoms with Crippen LogP contribution in [0.4, 0.5) is 0 Å². The maximum atomic E-state index is 12.2. The first-order chi connectivity index (χ1) is 12.3. The van der Waals surface area contributed by atoms with Gasteiger partial charge in [-0.05, 0) is 31.1 Å². The molecule has 0 spiro atoms. The fourth-order valence-corrected chi connectivity index (χ4v) is 3.11. The summed E-state index contributed by atoms with van der Waals surface area (Å²) in [5.41, 5.74) is 0. The molecule has 0 radical (unpaired) electrons. The first kappa shape index (κ1) is 22.6. The molecule has 150 valence electrons. The van der Waals surface area contributed by atoms with Gasteiger partial charge in [0.15, 0.2) is 5.11 Å². The van der Waals surface area contributed by atoms with Crippen LogP contribution in [0.5, 0.6) is 0 Å². The van der Waals surface area contributed by atoms with Crippen LogP contribution in [0, 0.1) is 5.92 Å². The van der Waals surface area contributed by atoms with Crippen LogP contribution in [-0.2, 0) is 14.3 Å². The molecule has 1 aliphatic heterocycles. The summed E-state index contributed by atoms with van der Waals surface area (Å²) in [4.78, 5) is 27.1. The Morgan fingerprint density at radius 1 is 1.23 bits per heavy atom. The highest BCUT2D eigenvalue weighted by molar-refractivity contribution is 7.80. The van der Waals surface area contributed by atoms with E-state index >= 15 is 0 Å². The van der Waals surface area contributed by atoms with E-state index in [2.05, 4.69) is 15.5 Å². The highest BCUT2D eigenvalue weighted by Crippen LogP contribution is 2.10. The number of aliphatic carboxylic acids is 1. The van der Waals surface area contributed by atoms with E-state index in [1.807, 2.05) is 0 Å². The van der Waals surface area contributed by atoms with Gasteiger partial charge in [-0.25, -0.2) is 4.79 Å². The fraction of sp³-hybridized carbons (Fsp3) is 0.824. The monoisotopic (exact) mass is 388 g/mol. The molecule has 1 heterocycles. The molecular formula is C17H32N4O4S. The van der Waals surface area contributed by atoms with E-state index in [0.29, 0.717) is 11.7 Å². The lowest BCUT2D eigenvalue weighted by Crippen LogP contribution is -2.46. The molecule has 0 aromatic rings. The molecular weight excluding hydrogens is 356 g/mol. The Kier molecular flexibility index (Phi) is 10.5. The summed E-state index contributed by atoms with van der Waals surface area (Å²) in [5, 5.41) is 15.9. The number of rotatable bonds is 10. The van der Waals surface area contributed by atoms with Crippen LogP contribution >= 0.6 is 12.2 Å². The molecule has 0 aromatic heterocycles. The third kappa shape index (κ3) is 8.29.